The summed E-state index contributed by atoms with van der Waals surface area (Å²) >= 11 is 0. The zero-order valence-corrected chi connectivity index (χ0v) is 13.9. The van der Waals surface area contributed by atoms with Crippen molar-refractivity contribution in [1.82, 2.24) is 15.1 Å². The summed E-state index contributed by atoms with van der Waals surface area (Å²) in [6.07, 6.45) is 8.77. The third kappa shape index (κ3) is 3.14. The number of fused-ring (bicyclic) bond motifs is 2. The summed E-state index contributed by atoms with van der Waals surface area (Å²) in [4.78, 5) is 5.37. The number of likely N-dealkylation sites (N-methyl/N-ethyl adjacent to an activating group) is 1. The topological polar surface area (TPSA) is 38.7 Å². The van der Waals surface area contributed by atoms with Gasteiger partial charge in [-0.3, -0.25) is 9.80 Å². The van der Waals surface area contributed by atoms with Crippen LogP contribution in [0.15, 0.2) is 0 Å². The number of nitrogens with zero attached hydrogens (tertiary/aromatic N) is 2. The molecule has 0 spiro atoms. The van der Waals surface area contributed by atoms with E-state index in [0.717, 1.165) is 37.9 Å². The monoisotopic (exact) mass is 295 g/mol. The van der Waals surface area contributed by atoms with E-state index in [9.17, 15) is 5.11 Å². The molecule has 3 rings (SSSR count). The van der Waals surface area contributed by atoms with Crippen molar-refractivity contribution in [3.63, 3.8) is 0 Å². The lowest BCUT2D eigenvalue weighted by molar-refractivity contribution is 0.135. The Bertz CT molecular complexity index is 351. The molecule has 21 heavy (non-hydrogen) atoms. The molecule has 4 atom stereocenters. The fourth-order valence-corrected chi connectivity index (χ4v) is 4.83. The molecule has 3 fully saturated rings. The van der Waals surface area contributed by atoms with Gasteiger partial charge in [0.15, 0.2) is 0 Å². The van der Waals surface area contributed by atoms with Gasteiger partial charge in [0.2, 0.25) is 0 Å². The van der Waals surface area contributed by atoms with Gasteiger partial charge in [0.1, 0.15) is 0 Å². The second-order valence-corrected chi connectivity index (χ2v) is 7.60. The Morgan fingerprint density at radius 3 is 2.71 bits per heavy atom. The van der Waals surface area contributed by atoms with Crippen LogP contribution in [0, 0.1) is 0 Å². The molecule has 4 unspecified atom stereocenters. The lowest BCUT2D eigenvalue weighted by Gasteiger charge is -2.33. The Labute approximate surface area is 129 Å². The second kappa shape index (κ2) is 6.53. The minimum atomic E-state index is -0.00209. The summed E-state index contributed by atoms with van der Waals surface area (Å²) in [7, 11) is 2.32. The van der Waals surface area contributed by atoms with Gasteiger partial charge >= 0.3 is 0 Å². The molecule has 2 bridgehead atoms. The maximum absolute atomic E-state index is 9.87. The highest BCUT2D eigenvalue weighted by molar-refractivity contribution is 5.01. The van der Waals surface area contributed by atoms with Crippen LogP contribution in [0.3, 0.4) is 0 Å². The molecular weight excluding hydrogens is 262 g/mol. The summed E-state index contributed by atoms with van der Waals surface area (Å²) in [5, 5.41) is 13.5. The molecule has 0 aromatic heterocycles. The lowest BCUT2D eigenvalue weighted by Crippen LogP contribution is -2.49. The van der Waals surface area contributed by atoms with Crippen molar-refractivity contribution in [3.8, 4) is 0 Å². The summed E-state index contributed by atoms with van der Waals surface area (Å²) < 4.78 is 0. The minimum Gasteiger partial charge on any atom is -0.394 e. The summed E-state index contributed by atoms with van der Waals surface area (Å²) in [5.74, 6) is 0. The summed E-state index contributed by atoms with van der Waals surface area (Å²) in [6, 6.07) is 2.27. The molecule has 2 N–H and O–H groups in total. The highest BCUT2D eigenvalue weighted by Gasteiger charge is 2.43. The van der Waals surface area contributed by atoms with Crippen LogP contribution in [0.5, 0.6) is 0 Å². The van der Waals surface area contributed by atoms with E-state index < -0.39 is 0 Å². The number of hydrogen-bond donors (Lipinski definition) is 2. The molecule has 1 saturated carbocycles. The van der Waals surface area contributed by atoms with Gasteiger partial charge in [-0.05, 0) is 65.1 Å². The largest absolute Gasteiger partial charge is 0.394 e. The van der Waals surface area contributed by atoms with Crippen LogP contribution in [-0.4, -0.2) is 71.9 Å². The zero-order valence-electron chi connectivity index (χ0n) is 13.9. The van der Waals surface area contributed by atoms with Gasteiger partial charge in [0.25, 0.3) is 0 Å². The predicted molar refractivity (Wildman–Crippen MR) is 86.5 cm³/mol. The molecule has 4 nitrogen and oxygen atoms in total. The normalized spacial score (nSPS) is 41.6. The fourth-order valence-electron chi connectivity index (χ4n) is 4.83. The molecule has 1 aliphatic carbocycles. The molecule has 2 saturated heterocycles. The van der Waals surface area contributed by atoms with Crippen molar-refractivity contribution in [2.75, 3.05) is 33.3 Å². The van der Waals surface area contributed by atoms with Crippen molar-refractivity contribution in [1.29, 1.82) is 0 Å². The molecule has 2 aliphatic heterocycles. The van der Waals surface area contributed by atoms with Crippen molar-refractivity contribution >= 4 is 0 Å². The minimum absolute atomic E-state index is 0.00209. The highest BCUT2D eigenvalue weighted by atomic mass is 16.3. The maximum atomic E-state index is 9.87. The third-order valence-electron chi connectivity index (χ3n) is 6.33. The molecule has 0 radical (unpaired) electrons. The number of hydrogen-bond acceptors (Lipinski definition) is 4. The van der Waals surface area contributed by atoms with Gasteiger partial charge in [0, 0.05) is 30.2 Å². The van der Waals surface area contributed by atoms with Crippen molar-refractivity contribution in [3.05, 3.63) is 0 Å². The third-order valence-corrected chi connectivity index (χ3v) is 6.33. The van der Waals surface area contributed by atoms with Crippen LogP contribution >= 0.6 is 0 Å². The van der Waals surface area contributed by atoms with Gasteiger partial charge in [-0.1, -0.05) is 6.92 Å². The summed E-state index contributed by atoms with van der Waals surface area (Å²) in [6.45, 7) is 6.02. The first-order chi connectivity index (χ1) is 10.2. The van der Waals surface area contributed by atoms with E-state index in [2.05, 4.69) is 29.1 Å². The Hall–Kier alpha value is -0.160. The van der Waals surface area contributed by atoms with Crippen LogP contribution in [0.1, 0.15) is 51.9 Å². The van der Waals surface area contributed by atoms with E-state index in [0.29, 0.717) is 12.6 Å². The standard InChI is InChI=1S/C17H33N3O/c1-3-9-18-17(13-21)8-6-15(11-17)20-10-7-14-4-5-16(12-20)19(14)2/h14-16,18,21H,3-13H2,1-2H3. The van der Waals surface area contributed by atoms with Gasteiger partial charge in [-0.2, -0.15) is 0 Å². The van der Waals surface area contributed by atoms with E-state index in [1.54, 1.807) is 0 Å². The molecular formula is C17H33N3O. The predicted octanol–water partition coefficient (Wildman–Crippen LogP) is 1.44. The first kappa shape index (κ1) is 15.7. The average Bonchev–Trinajstić information content (AvgIpc) is 3.00. The maximum Gasteiger partial charge on any atom is 0.0613 e. The van der Waals surface area contributed by atoms with Crippen molar-refractivity contribution in [2.24, 2.45) is 0 Å². The van der Waals surface area contributed by atoms with E-state index in [1.807, 2.05) is 0 Å². The number of nitrogens with one attached hydrogen (secondary N) is 1. The van der Waals surface area contributed by atoms with E-state index in [4.69, 9.17) is 0 Å². The van der Waals surface area contributed by atoms with Gasteiger partial charge in [-0.15, -0.1) is 0 Å². The SMILES string of the molecule is CCCNC1(CO)CCC(N2CCC3CCC(C2)N3C)C1. The fraction of sp³-hybridized carbons (Fsp3) is 1.00. The van der Waals surface area contributed by atoms with Crippen molar-refractivity contribution < 1.29 is 5.11 Å². The number of aliphatic hydroxyl groups is 1. The van der Waals surface area contributed by atoms with Crippen LogP contribution in [0.25, 0.3) is 0 Å². The zero-order chi connectivity index (χ0) is 14.9. The van der Waals surface area contributed by atoms with Crippen LogP contribution in [-0.2, 0) is 0 Å². The lowest BCUT2D eigenvalue weighted by atomic mass is 9.97. The average molecular weight is 295 g/mol. The Balaban J connectivity index is 1.60. The molecule has 4 heteroatoms. The second-order valence-electron chi connectivity index (χ2n) is 7.60. The highest BCUT2D eigenvalue weighted by Crippen LogP contribution is 2.36. The van der Waals surface area contributed by atoms with Crippen LogP contribution in [0.4, 0.5) is 0 Å². The Morgan fingerprint density at radius 1 is 1.14 bits per heavy atom. The van der Waals surface area contributed by atoms with E-state index in [-0.39, 0.29) is 5.54 Å². The quantitative estimate of drug-likeness (QED) is 0.805. The smallest absolute Gasteiger partial charge is 0.0613 e. The van der Waals surface area contributed by atoms with Crippen LogP contribution in [0.2, 0.25) is 0 Å². The number of rotatable bonds is 5. The van der Waals surface area contributed by atoms with Gasteiger partial charge < -0.3 is 10.4 Å². The molecule has 0 amide bonds. The van der Waals surface area contributed by atoms with E-state index in [1.165, 1.54) is 38.8 Å². The number of likely N-dealkylation sites (tertiary alicyclic amines) is 1. The molecule has 0 aromatic rings. The molecule has 0 aromatic carbocycles. The molecule has 122 valence electrons. The van der Waals surface area contributed by atoms with Crippen LogP contribution < -0.4 is 5.32 Å². The van der Waals surface area contributed by atoms with Crippen molar-refractivity contribution in [2.45, 2.75) is 75.5 Å². The number of aliphatic hydroxyl groups excluding tert-OH is 1. The van der Waals surface area contributed by atoms with Gasteiger partial charge in [-0.25, -0.2) is 0 Å². The van der Waals surface area contributed by atoms with E-state index >= 15 is 0 Å². The molecule has 3 aliphatic rings. The Kier molecular flexibility index (Phi) is 4.89. The molecule has 2 heterocycles. The first-order valence-electron chi connectivity index (χ1n) is 8.99. The Morgan fingerprint density at radius 2 is 1.95 bits per heavy atom. The summed E-state index contributed by atoms with van der Waals surface area (Å²) in [5.41, 5.74) is -0.00209. The van der Waals surface area contributed by atoms with Gasteiger partial charge in [0.05, 0.1) is 6.61 Å². The first-order valence-corrected chi connectivity index (χ1v) is 8.99.